The van der Waals surface area contributed by atoms with Crippen LogP contribution in [0, 0.1) is 0 Å². The molecule has 0 bridgehead atoms. The highest BCUT2D eigenvalue weighted by Gasteiger charge is 2.26. The number of ether oxygens (including phenoxy) is 1. The summed E-state index contributed by atoms with van der Waals surface area (Å²) >= 11 is 1.43. The predicted octanol–water partition coefficient (Wildman–Crippen LogP) is 5.11. The average molecular weight is 567 g/mol. The topological polar surface area (TPSA) is 83.0 Å². The van der Waals surface area contributed by atoms with Gasteiger partial charge in [0.1, 0.15) is 11.3 Å². The van der Waals surface area contributed by atoms with Crippen molar-refractivity contribution >= 4 is 42.6 Å². The zero-order valence-electron chi connectivity index (χ0n) is 22.7. The van der Waals surface area contributed by atoms with E-state index in [2.05, 4.69) is 0 Å². The fourth-order valence-corrected chi connectivity index (χ4v) is 6.56. The Morgan fingerprint density at radius 3 is 2.28 bits per heavy atom. The Morgan fingerprint density at radius 2 is 1.64 bits per heavy atom. The van der Waals surface area contributed by atoms with E-state index in [0.29, 0.717) is 42.7 Å². The van der Waals surface area contributed by atoms with E-state index in [1.807, 2.05) is 81.4 Å². The van der Waals surface area contributed by atoms with Gasteiger partial charge in [-0.1, -0.05) is 54.7 Å². The molecule has 0 aliphatic heterocycles. The van der Waals surface area contributed by atoms with E-state index in [1.165, 1.54) is 27.8 Å². The summed E-state index contributed by atoms with van der Waals surface area (Å²) in [6.07, 6.45) is 0. The number of rotatable bonds is 12. The number of hydrogen-bond donors (Lipinski definition) is 0. The molecule has 206 valence electrons. The first-order chi connectivity index (χ1) is 18.7. The third-order valence-electron chi connectivity index (χ3n) is 6.21. The SMILES string of the molecule is CCOc1cccc2sc(N(CCN(C)C)C(=O)c3ccc(S(=O)(=O)N(CC)Cc4ccccc4)cc3)nc12. The molecule has 0 radical (unpaired) electrons. The van der Waals surface area contributed by atoms with Crippen LogP contribution in [-0.4, -0.2) is 68.9 Å². The van der Waals surface area contributed by atoms with Crippen molar-refractivity contribution in [1.29, 1.82) is 0 Å². The second-order valence-electron chi connectivity index (χ2n) is 9.23. The van der Waals surface area contributed by atoms with Gasteiger partial charge in [0.05, 0.1) is 16.2 Å². The average Bonchev–Trinajstić information content (AvgIpc) is 3.37. The summed E-state index contributed by atoms with van der Waals surface area (Å²) in [6.45, 7) is 5.93. The molecule has 0 saturated heterocycles. The number of sulfonamides is 1. The van der Waals surface area contributed by atoms with Crippen LogP contribution in [0.3, 0.4) is 0 Å². The second-order valence-corrected chi connectivity index (χ2v) is 12.2. The molecule has 1 heterocycles. The van der Waals surface area contributed by atoms with Gasteiger partial charge in [-0.2, -0.15) is 4.31 Å². The number of likely N-dealkylation sites (N-methyl/N-ethyl adjacent to an activating group) is 1. The zero-order valence-corrected chi connectivity index (χ0v) is 24.3. The van der Waals surface area contributed by atoms with Crippen molar-refractivity contribution in [2.45, 2.75) is 25.3 Å². The molecule has 0 N–H and O–H groups in total. The Balaban J connectivity index is 1.61. The summed E-state index contributed by atoms with van der Waals surface area (Å²) in [4.78, 5) is 22.3. The minimum atomic E-state index is -3.74. The van der Waals surface area contributed by atoms with Crippen molar-refractivity contribution in [1.82, 2.24) is 14.2 Å². The maximum Gasteiger partial charge on any atom is 0.260 e. The van der Waals surface area contributed by atoms with Crippen LogP contribution in [0.5, 0.6) is 5.75 Å². The van der Waals surface area contributed by atoms with Crippen molar-refractivity contribution in [3.8, 4) is 5.75 Å². The Hall–Kier alpha value is -3.31. The molecule has 4 aromatic rings. The number of benzene rings is 3. The first-order valence-electron chi connectivity index (χ1n) is 12.9. The molecule has 39 heavy (non-hydrogen) atoms. The van der Waals surface area contributed by atoms with Crippen LogP contribution in [0.2, 0.25) is 0 Å². The number of fused-ring (bicyclic) bond motifs is 1. The molecular weight excluding hydrogens is 532 g/mol. The van der Waals surface area contributed by atoms with Gasteiger partial charge in [-0.25, -0.2) is 13.4 Å². The second kappa shape index (κ2) is 12.7. The van der Waals surface area contributed by atoms with Crippen LogP contribution in [0.15, 0.2) is 77.7 Å². The fourth-order valence-electron chi connectivity index (χ4n) is 4.11. The maximum absolute atomic E-state index is 13.7. The molecule has 0 aliphatic carbocycles. The molecule has 4 rings (SSSR count). The van der Waals surface area contributed by atoms with Gasteiger partial charge < -0.3 is 9.64 Å². The lowest BCUT2D eigenvalue weighted by Gasteiger charge is -2.23. The van der Waals surface area contributed by atoms with Crippen molar-refractivity contribution in [3.05, 3.63) is 83.9 Å². The minimum Gasteiger partial charge on any atom is -0.492 e. The van der Waals surface area contributed by atoms with Crippen molar-refractivity contribution < 1.29 is 17.9 Å². The lowest BCUT2D eigenvalue weighted by atomic mass is 10.2. The summed E-state index contributed by atoms with van der Waals surface area (Å²) in [5, 5.41) is 0.570. The number of aromatic nitrogens is 1. The number of amides is 1. The predicted molar refractivity (Wildman–Crippen MR) is 157 cm³/mol. The Kier molecular flexibility index (Phi) is 9.34. The Morgan fingerprint density at radius 1 is 0.923 bits per heavy atom. The van der Waals surface area contributed by atoms with Crippen LogP contribution >= 0.6 is 11.3 Å². The van der Waals surface area contributed by atoms with E-state index < -0.39 is 10.0 Å². The highest BCUT2D eigenvalue weighted by atomic mass is 32.2. The first-order valence-corrected chi connectivity index (χ1v) is 15.1. The van der Waals surface area contributed by atoms with Crippen LogP contribution in [-0.2, 0) is 16.6 Å². The van der Waals surface area contributed by atoms with E-state index >= 15 is 0 Å². The molecule has 3 aromatic carbocycles. The van der Waals surface area contributed by atoms with Gasteiger partial charge in [-0.05, 0) is 63.0 Å². The van der Waals surface area contributed by atoms with Gasteiger partial charge in [-0.3, -0.25) is 9.69 Å². The lowest BCUT2D eigenvalue weighted by Crippen LogP contribution is -2.36. The van der Waals surface area contributed by atoms with E-state index in [0.717, 1.165) is 15.8 Å². The number of carbonyl (C=O) groups excluding carboxylic acids is 1. The molecule has 0 atom stereocenters. The largest absolute Gasteiger partial charge is 0.492 e. The molecule has 1 amide bonds. The Bertz CT molecular complexity index is 1500. The number of carbonyl (C=O) groups is 1. The lowest BCUT2D eigenvalue weighted by molar-refractivity contribution is 0.0985. The quantitative estimate of drug-likeness (QED) is 0.237. The molecule has 0 aliphatic rings. The fraction of sp³-hybridized carbons (Fsp3) is 0.310. The molecule has 8 nitrogen and oxygen atoms in total. The number of anilines is 1. The van der Waals surface area contributed by atoms with Gasteiger partial charge in [0.2, 0.25) is 10.0 Å². The van der Waals surface area contributed by atoms with Crippen molar-refractivity contribution in [3.63, 3.8) is 0 Å². The van der Waals surface area contributed by atoms with Gasteiger partial charge in [0.15, 0.2) is 5.13 Å². The van der Waals surface area contributed by atoms with E-state index in [9.17, 15) is 13.2 Å². The highest BCUT2D eigenvalue weighted by Crippen LogP contribution is 2.35. The zero-order chi connectivity index (χ0) is 28.0. The summed E-state index contributed by atoms with van der Waals surface area (Å²) < 4.78 is 34.8. The number of hydrogen-bond acceptors (Lipinski definition) is 7. The molecule has 0 saturated carbocycles. The standard InChI is InChI=1S/C29H34N4O4S2/c1-5-32(21-22-11-8-7-9-12-22)39(35,36)24-17-15-23(16-18-24)28(34)33(20-19-31(3)4)29-30-27-25(37-6-2)13-10-14-26(27)38-29/h7-18H,5-6,19-21H2,1-4H3. The smallest absolute Gasteiger partial charge is 0.260 e. The third-order valence-corrected chi connectivity index (χ3v) is 9.19. The summed E-state index contributed by atoms with van der Waals surface area (Å²) in [6, 6.07) is 21.4. The summed E-state index contributed by atoms with van der Waals surface area (Å²) in [7, 11) is 0.159. The van der Waals surface area contributed by atoms with E-state index in [4.69, 9.17) is 9.72 Å². The molecule has 0 fully saturated rings. The summed E-state index contributed by atoms with van der Waals surface area (Å²) in [5.41, 5.74) is 2.03. The molecular formula is C29H34N4O4S2. The normalized spacial score (nSPS) is 11.8. The van der Waals surface area contributed by atoms with Crippen molar-refractivity contribution in [2.75, 3.05) is 45.2 Å². The van der Waals surface area contributed by atoms with Crippen molar-refractivity contribution in [2.24, 2.45) is 0 Å². The van der Waals surface area contributed by atoms with Gasteiger partial charge >= 0.3 is 0 Å². The van der Waals surface area contributed by atoms with Crippen LogP contribution < -0.4 is 9.64 Å². The maximum atomic E-state index is 13.7. The third kappa shape index (κ3) is 6.65. The first kappa shape index (κ1) is 28.7. The molecule has 1 aromatic heterocycles. The van der Waals surface area contributed by atoms with Gasteiger partial charge in [-0.15, -0.1) is 0 Å². The number of thiazole rings is 1. The van der Waals surface area contributed by atoms with E-state index in [1.54, 1.807) is 17.0 Å². The molecule has 0 spiro atoms. The van der Waals surface area contributed by atoms with Gasteiger partial charge in [0.25, 0.3) is 5.91 Å². The molecule has 10 heteroatoms. The Labute approximate surface area is 234 Å². The summed E-state index contributed by atoms with van der Waals surface area (Å²) in [5.74, 6) is 0.442. The van der Waals surface area contributed by atoms with E-state index in [-0.39, 0.29) is 17.3 Å². The molecule has 0 unspecified atom stereocenters. The highest BCUT2D eigenvalue weighted by molar-refractivity contribution is 7.89. The van der Waals surface area contributed by atoms with Gasteiger partial charge in [0, 0.05) is 31.7 Å². The monoisotopic (exact) mass is 566 g/mol. The van der Waals surface area contributed by atoms with Crippen LogP contribution in [0.4, 0.5) is 5.13 Å². The van der Waals surface area contributed by atoms with Crippen LogP contribution in [0.25, 0.3) is 10.2 Å². The van der Waals surface area contributed by atoms with Crippen LogP contribution in [0.1, 0.15) is 29.8 Å². The minimum absolute atomic E-state index is 0.151. The number of nitrogens with zero attached hydrogens (tertiary/aromatic N) is 4. The number of para-hydroxylation sites is 1.